The Morgan fingerprint density at radius 3 is 3.08 bits per heavy atom. The fourth-order valence-electron chi connectivity index (χ4n) is 2.20. The number of carbonyl (C=O) groups is 1. The van der Waals surface area contributed by atoms with Crippen molar-refractivity contribution in [3.05, 3.63) is 22.8 Å². The molecule has 0 N–H and O–H groups in total. The summed E-state index contributed by atoms with van der Waals surface area (Å²) in [7, 11) is 0. The zero-order valence-corrected chi connectivity index (χ0v) is 8.47. The molecule has 70 valence electrons. The fraction of sp³-hybridized carbons (Fsp3) is 0.545. The van der Waals surface area contributed by atoms with Gasteiger partial charge in [-0.2, -0.15) is 0 Å². The van der Waals surface area contributed by atoms with E-state index in [9.17, 15) is 4.79 Å². The predicted octanol–water partition coefficient (Wildman–Crippen LogP) is 3.05. The second-order valence-corrected chi connectivity index (χ2v) is 4.34. The maximum atomic E-state index is 11.4. The third-order valence-electron chi connectivity index (χ3n) is 3.08. The number of hydrogen-bond acceptors (Lipinski definition) is 1. The summed E-state index contributed by atoms with van der Waals surface area (Å²) < 4.78 is 0. The molecule has 2 rings (SSSR count). The van der Waals surface area contributed by atoms with Crippen LogP contribution in [0.25, 0.3) is 0 Å². The predicted molar refractivity (Wildman–Crippen MR) is 53.5 cm³/mol. The van der Waals surface area contributed by atoms with Gasteiger partial charge in [-0.1, -0.05) is 30.7 Å². The molecule has 0 unspecified atom stereocenters. The van der Waals surface area contributed by atoms with E-state index < -0.39 is 0 Å². The molecule has 0 aromatic carbocycles. The standard InChI is InChI=1S/C11H13ClO/c1-7-4-2-3-5-8-9(7)6-10(13)11(8)12/h3,5,7,9H,2,4,6H2,1H3/t7-,9-/m0/s1. The van der Waals surface area contributed by atoms with Crippen LogP contribution in [0, 0.1) is 11.8 Å². The summed E-state index contributed by atoms with van der Waals surface area (Å²) in [4.78, 5) is 11.4. The van der Waals surface area contributed by atoms with Crippen molar-refractivity contribution in [2.24, 2.45) is 11.8 Å². The Morgan fingerprint density at radius 2 is 2.31 bits per heavy atom. The summed E-state index contributed by atoms with van der Waals surface area (Å²) in [6.07, 6.45) is 7.08. The molecule has 0 fully saturated rings. The summed E-state index contributed by atoms with van der Waals surface area (Å²) in [5.74, 6) is 1.10. The van der Waals surface area contributed by atoms with E-state index in [1.54, 1.807) is 0 Å². The fourth-order valence-corrected chi connectivity index (χ4v) is 2.48. The first kappa shape index (κ1) is 9.01. The molecule has 0 radical (unpaired) electrons. The minimum absolute atomic E-state index is 0.125. The van der Waals surface area contributed by atoms with Crippen LogP contribution in [0.4, 0.5) is 0 Å². The van der Waals surface area contributed by atoms with E-state index in [0.29, 0.717) is 23.3 Å². The number of fused-ring (bicyclic) bond motifs is 1. The van der Waals surface area contributed by atoms with E-state index in [0.717, 1.165) is 12.0 Å². The van der Waals surface area contributed by atoms with Crippen LogP contribution in [0.5, 0.6) is 0 Å². The maximum Gasteiger partial charge on any atom is 0.175 e. The Kier molecular flexibility index (Phi) is 2.29. The molecule has 1 nitrogen and oxygen atoms in total. The first-order valence-electron chi connectivity index (χ1n) is 4.79. The van der Waals surface area contributed by atoms with Crippen molar-refractivity contribution >= 4 is 17.4 Å². The quantitative estimate of drug-likeness (QED) is 0.582. The molecule has 0 amide bonds. The van der Waals surface area contributed by atoms with Crippen LogP contribution >= 0.6 is 11.6 Å². The summed E-state index contributed by atoms with van der Waals surface area (Å²) in [6, 6.07) is 0. The van der Waals surface area contributed by atoms with Crippen LogP contribution in [0.15, 0.2) is 22.8 Å². The molecule has 2 aliphatic carbocycles. The van der Waals surface area contributed by atoms with Gasteiger partial charge in [0.25, 0.3) is 0 Å². The van der Waals surface area contributed by atoms with Crippen LogP contribution in [-0.4, -0.2) is 5.78 Å². The van der Waals surface area contributed by atoms with Crippen molar-refractivity contribution in [3.8, 4) is 0 Å². The van der Waals surface area contributed by atoms with Gasteiger partial charge in [-0.25, -0.2) is 0 Å². The summed E-state index contributed by atoms with van der Waals surface area (Å²) >= 11 is 5.95. The highest BCUT2D eigenvalue weighted by molar-refractivity contribution is 6.44. The van der Waals surface area contributed by atoms with E-state index in [1.165, 1.54) is 6.42 Å². The summed E-state index contributed by atoms with van der Waals surface area (Å²) in [5, 5.41) is 0.481. The van der Waals surface area contributed by atoms with E-state index in [-0.39, 0.29) is 5.78 Å². The maximum absolute atomic E-state index is 11.4. The van der Waals surface area contributed by atoms with E-state index in [1.807, 2.05) is 6.08 Å². The number of ketones is 1. The van der Waals surface area contributed by atoms with Crippen molar-refractivity contribution in [2.45, 2.75) is 26.2 Å². The van der Waals surface area contributed by atoms with Crippen molar-refractivity contribution in [1.82, 2.24) is 0 Å². The van der Waals surface area contributed by atoms with Gasteiger partial charge in [-0.05, 0) is 30.3 Å². The smallest absolute Gasteiger partial charge is 0.175 e. The zero-order valence-electron chi connectivity index (χ0n) is 7.72. The second kappa shape index (κ2) is 3.30. The Morgan fingerprint density at radius 1 is 1.54 bits per heavy atom. The minimum atomic E-state index is 0.125. The first-order valence-corrected chi connectivity index (χ1v) is 5.17. The van der Waals surface area contributed by atoms with E-state index >= 15 is 0 Å². The minimum Gasteiger partial charge on any atom is -0.293 e. The van der Waals surface area contributed by atoms with Crippen LogP contribution in [0.3, 0.4) is 0 Å². The number of allylic oxidation sites excluding steroid dienone is 4. The molecule has 0 spiro atoms. The van der Waals surface area contributed by atoms with Crippen molar-refractivity contribution in [2.75, 3.05) is 0 Å². The SMILES string of the molecule is C[C@H]1CCC=CC2=C(Cl)C(=O)C[C@H]21. The summed E-state index contributed by atoms with van der Waals surface area (Å²) in [6.45, 7) is 2.21. The molecule has 0 heterocycles. The topological polar surface area (TPSA) is 17.1 Å². The van der Waals surface area contributed by atoms with Gasteiger partial charge in [0.05, 0.1) is 5.03 Å². The van der Waals surface area contributed by atoms with Crippen LogP contribution in [-0.2, 0) is 4.79 Å². The first-order chi connectivity index (χ1) is 6.20. The van der Waals surface area contributed by atoms with Crippen molar-refractivity contribution < 1.29 is 4.79 Å². The van der Waals surface area contributed by atoms with Crippen LogP contribution in [0.1, 0.15) is 26.2 Å². The molecule has 2 heteroatoms. The van der Waals surface area contributed by atoms with Gasteiger partial charge in [0.1, 0.15) is 0 Å². The number of rotatable bonds is 0. The molecule has 0 saturated heterocycles. The average Bonchev–Trinajstić information content (AvgIpc) is 2.30. The highest BCUT2D eigenvalue weighted by atomic mass is 35.5. The van der Waals surface area contributed by atoms with E-state index in [2.05, 4.69) is 13.0 Å². The van der Waals surface area contributed by atoms with Crippen LogP contribution < -0.4 is 0 Å². The normalized spacial score (nSPS) is 33.5. The average molecular weight is 197 g/mol. The molecule has 0 aromatic rings. The molecule has 0 aromatic heterocycles. The zero-order chi connectivity index (χ0) is 9.42. The Balaban J connectivity index is 2.39. The third-order valence-corrected chi connectivity index (χ3v) is 3.51. The van der Waals surface area contributed by atoms with Crippen molar-refractivity contribution in [3.63, 3.8) is 0 Å². The number of Topliss-reactive ketones (excluding diaryl/α,β-unsaturated/α-hetero) is 1. The summed E-state index contributed by atoms with van der Waals surface area (Å²) in [5.41, 5.74) is 1.08. The monoisotopic (exact) mass is 196 g/mol. The highest BCUT2D eigenvalue weighted by Crippen LogP contribution is 2.40. The highest BCUT2D eigenvalue weighted by Gasteiger charge is 2.33. The number of halogens is 1. The Labute approximate surface area is 83.5 Å². The van der Waals surface area contributed by atoms with E-state index in [4.69, 9.17) is 11.6 Å². The van der Waals surface area contributed by atoms with Gasteiger partial charge in [-0.15, -0.1) is 0 Å². The third kappa shape index (κ3) is 1.46. The molecule has 13 heavy (non-hydrogen) atoms. The molecule has 2 aliphatic rings. The van der Waals surface area contributed by atoms with Crippen molar-refractivity contribution in [1.29, 1.82) is 0 Å². The largest absolute Gasteiger partial charge is 0.293 e. The second-order valence-electron chi connectivity index (χ2n) is 3.96. The Bertz CT molecular complexity index is 301. The van der Waals surface area contributed by atoms with Gasteiger partial charge in [0.2, 0.25) is 0 Å². The van der Waals surface area contributed by atoms with Gasteiger partial charge >= 0.3 is 0 Å². The lowest BCUT2D eigenvalue weighted by atomic mass is 9.87. The Hall–Kier alpha value is -0.560. The van der Waals surface area contributed by atoms with Gasteiger partial charge < -0.3 is 0 Å². The lowest BCUT2D eigenvalue weighted by Crippen LogP contribution is -2.10. The molecule has 0 bridgehead atoms. The van der Waals surface area contributed by atoms with Gasteiger partial charge in [0, 0.05) is 6.42 Å². The molecular weight excluding hydrogens is 184 g/mol. The molecule has 0 saturated carbocycles. The lowest BCUT2D eigenvalue weighted by Gasteiger charge is -2.17. The number of hydrogen-bond donors (Lipinski definition) is 0. The van der Waals surface area contributed by atoms with Crippen LogP contribution in [0.2, 0.25) is 0 Å². The van der Waals surface area contributed by atoms with Gasteiger partial charge in [-0.3, -0.25) is 4.79 Å². The molecule has 2 atom stereocenters. The number of carbonyl (C=O) groups excluding carboxylic acids is 1. The molecule has 0 aliphatic heterocycles. The van der Waals surface area contributed by atoms with Gasteiger partial charge in [0.15, 0.2) is 5.78 Å². The lowest BCUT2D eigenvalue weighted by molar-refractivity contribution is -0.115. The molecular formula is C11H13ClO.